The van der Waals surface area contributed by atoms with Gasteiger partial charge in [-0.05, 0) is 6.08 Å². The Balaban J connectivity index is 3.47. The summed E-state index contributed by atoms with van der Waals surface area (Å²) < 4.78 is 0. The topological polar surface area (TPSA) is 0 Å². The van der Waals surface area contributed by atoms with Crippen molar-refractivity contribution in [3.8, 4) is 0 Å². The van der Waals surface area contributed by atoms with E-state index in [1.807, 2.05) is 12.2 Å². The molecule has 0 atom stereocenters. The normalized spacial score (nSPS) is 8.00. The number of allylic oxidation sites excluding steroid dienone is 4. The van der Waals surface area contributed by atoms with Crippen LogP contribution in [0, 0.1) is 0 Å². The summed E-state index contributed by atoms with van der Waals surface area (Å²) in [6, 6.07) is 0. The highest BCUT2D eigenvalue weighted by molar-refractivity contribution is 5.07. The minimum absolute atomic E-state index is 1.70. The fourth-order valence-corrected chi connectivity index (χ4v) is 0.202. The Labute approximate surface area is 44.2 Å². The molecule has 0 heteroatoms. The van der Waals surface area contributed by atoms with E-state index in [4.69, 9.17) is 0 Å². The summed E-state index contributed by atoms with van der Waals surface area (Å²) in [7, 11) is 0. The SMILES string of the molecule is C=C=C/C=C\C=C. The van der Waals surface area contributed by atoms with E-state index in [1.54, 1.807) is 12.2 Å². The summed E-state index contributed by atoms with van der Waals surface area (Å²) in [6.07, 6.45) is 7.06. The van der Waals surface area contributed by atoms with Gasteiger partial charge < -0.3 is 0 Å². The van der Waals surface area contributed by atoms with Gasteiger partial charge in [-0.25, -0.2) is 0 Å². The van der Waals surface area contributed by atoms with E-state index in [-0.39, 0.29) is 0 Å². The van der Waals surface area contributed by atoms with Crippen LogP contribution in [-0.4, -0.2) is 0 Å². The van der Waals surface area contributed by atoms with Crippen molar-refractivity contribution in [2.24, 2.45) is 0 Å². The molecule has 0 aliphatic rings. The van der Waals surface area contributed by atoms with Gasteiger partial charge >= 0.3 is 0 Å². The third-order valence-corrected chi connectivity index (χ3v) is 0.461. The largest absolute Gasteiger partial charge is 0.129 e. The summed E-state index contributed by atoms with van der Waals surface area (Å²) in [5, 5.41) is 0. The van der Waals surface area contributed by atoms with Crippen LogP contribution < -0.4 is 0 Å². The third-order valence-electron chi connectivity index (χ3n) is 0.461. The Morgan fingerprint density at radius 1 is 1.29 bits per heavy atom. The maximum atomic E-state index is 3.48. The summed E-state index contributed by atoms with van der Waals surface area (Å²) in [5.74, 6) is 0. The predicted octanol–water partition coefficient (Wildman–Crippen LogP) is 2.07. The monoisotopic (exact) mass is 92.1 g/mol. The lowest BCUT2D eigenvalue weighted by molar-refractivity contribution is 1.96. The van der Waals surface area contributed by atoms with Gasteiger partial charge in [0.05, 0.1) is 0 Å². The van der Waals surface area contributed by atoms with E-state index in [2.05, 4.69) is 18.9 Å². The van der Waals surface area contributed by atoms with Gasteiger partial charge in [0.25, 0.3) is 0 Å². The molecule has 0 saturated heterocycles. The highest BCUT2D eigenvalue weighted by Crippen LogP contribution is 1.71. The zero-order chi connectivity index (χ0) is 5.54. The van der Waals surface area contributed by atoms with Crippen molar-refractivity contribution in [1.29, 1.82) is 0 Å². The van der Waals surface area contributed by atoms with Crippen LogP contribution in [0.3, 0.4) is 0 Å². The summed E-state index contributed by atoms with van der Waals surface area (Å²) in [6.45, 7) is 6.84. The second-order valence-electron chi connectivity index (χ2n) is 0.991. The van der Waals surface area contributed by atoms with Gasteiger partial charge in [0.15, 0.2) is 0 Å². The average Bonchev–Trinajstić information content (AvgIpc) is 1.69. The average molecular weight is 92.1 g/mol. The molecule has 0 aromatic heterocycles. The molecule has 0 spiro atoms. The molecule has 0 heterocycles. The van der Waals surface area contributed by atoms with Crippen LogP contribution in [0.4, 0.5) is 0 Å². The van der Waals surface area contributed by atoms with E-state index in [0.29, 0.717) is 0 Å². The van der Waals surface area contributed by atoms with Crippen LogP contribution in [0.5, 0.6) is 0 Å². The lowest BCUT2D eigenvalue weighted by atomic mass is 10.5. The van der Waals surface area contributed by atoms with Gasteiger partial charge in [-0.2, -0.15) is 0 Å². The Morgan fingerprint density at radius 2 is 2.00 bits per heavy atom. The van der Waals surface area contributed by atoms with E-state index in [9.17, 15) is 0 Å². The van der Waals surface area contributed by atoms with Gasteiger partial charge in [0.1, 0.15) is 0 Å². The van der Waals surface area contributed by atoms with Gasteiger partial charge in [0.2, 0.25) is 0 Å². The molecule has 36 valence electrons. The molecule has 0 N–H and O–H groups in total. The maximum absolute atomic E-state index is 3.48. The molecule has 0 aromatic carbocycles. The van der Waals surface area contributed by atoms with Gasteiger partial charge in [-0.1, -0.05) is 31.4 Å². The van der Waals surface area contributed by atoms with Gasteiger partial charge in [0, 0.05) is 0 Å². The highest BCUT2D eigenvalue weighted by atomic mass is 13.6. The Bertz CT molecular complexity index is 112. The first-order chi connectivity index (χ1) is 3.41. The zero-order valence-electron chi connectivity index (χ0n) is 4.22. The van der Waals surface area contributed by atoms with Crippen molar-refractivity contribution in [2.75, 3.05) is 0 Å². The van der Waals surface area contributed by atoms with Crippen molar-refractivity contribution < 1.29 is 0 Å². The van der Waals surface area contributed by atoms with Gasteiger partial charge in [-0.15, -0.1) is 5.73 Å². The number of hydrogen-bond donors (Lipinski definition) is 0. The van der Waals surface area contributed by atoms with Crippen LogP contribution in [0.15, 0.2) is 43.2 Å². The molecule has 0 saturated carbocycles. The zero-order valence-corrected chi connectivity index (χ0v) is 4.22. The van der Waals surface area contributed by atoms with Crippen LogP contribution in [0.2, 0.25) is 0 Å². The van der Waals surface area contributed by atoms with Crippen LogP contribution >= 0.6 is 0 Å². The third kappa shape index (κ3) is 5.00. The molecule has 0 bridgehead atoms. The summed E-state index contributed by atoms with van der Waals surface area (Å²) in [5.41, 5.74) is 2.59. The molecule has 0 fully saturated rings. The molecule has 0 aliphatic carbocycles. The van der Waals surface area contributed by atoms with Crippen molar-refractivity contribution in [1.82, 2.24) is 0 Å². The Hall–Kier alpha value is -1.00. The fraction of sp³-hybridized carbons (Fsp3) is 0. The van der Waals surface area contributed by atoms with Gasteiger partial charge in [-0.3, -0.25) is 0 Å². The first-order valence-electron chi connectivity index (χ1n) is 2.05. The second kappa shape index (κ2) is 5.00. The fourth-order valence-electron chi connectivity index (χ4n) is 0.202. The van der Waals surface area contributed by atoms with E-state index in [0.717, 1.165) is 0 Å². The molecule has 0 aliphatic heterocycles. The minimum Gasteiger partial charge on any atom is -0.129 e. The van der Waals surface area contributed by atoms with Crippen molar-refractivity contribution in [3.05, 3.63) is 43.2 Å². The highest BCUT2D eigenvalue weighted by Gasteiger charge is 1.50. The number of hydrogen-bond acceptors (Lipinski definition) is 0. The molecule has 0 nitrogen and oxygen atoms in total. The molecule has 0 aromatic rings. The van der Waals surface area contributed by atoms with E-state index >= 15 is 0 Å². The summed E-state index contributed by atoms with van der Waals surface area (Å²) >= 11 is 0. The second-order valence-corrected chi connectivity index (χ2v) is 0.991. The number of rotatable bonds is 2. The van der Waals surface area contributed by atoms with E-state index in [1.165, 1.54) is 0 Å². The lowest BCUT2D eigenvalue weighted by Gasteiger charge is -1.61. The van der Waals surface area contributed by atoms with Crippen molar-refractivity contribution in [2.45, 2.75) is 0 Å². The summed E-state index contributed by atoms with van der Waals surface area (Å²) in [4.78, 5) is 0. The molecule has 0 radical (unpaired) electrons. The predicted molar refractivity (Wildman–Crippen MR) is 33.0 cm³/mol. The Morgan fingerprint density at radius 3 is 2.43 bits per heavy atom. The smallest absolute Gasteiger partial charge is 0.0206 e. The Kier molecular flexibility index (Phi) is 4.29. The van der Waals surface area contributed by atoms with Crippen LogP contribution in [0.25, 0.3) is 0 Å². The first-order valence-corrected chi connectivity index (χ1v) is 2.05. The molecule has 0 amide bonds. The molecule has 0 unspecified atom stereocenters. The maximum Gasteiger partial charge on any atom is -0.0206 e. The molecular weight excluding hydrogens is 84.1 g/mol. The standard InChI is InChI=1S/C7H8/c1-3-5-7-6-4-2/h3,5-7H,1-2H2/b7-5-. The first kappa shape index (κ1) is 6.00. The van der Waals surface area contributed by atoms with Crippen molar-refractivity contribution in [3.63, 3.8) is 0 Å². The molecule has 7 heavy (non-hydrogen) atoms. The van der Waals surface area contributed by atoms with Crippen molar-refractivity contribution >= 4 is 0 Å². The minimum atomic E-state index is 1.70. The lowest BCUT2D eigenvalue weighted by Crippen LogP contribution is -1.40. The molecule has 0 rings (SSSR count). The van der Waals surface area contributed by atoms with Crippen LogP contribution in [0.1, 0.15) is 0 Å². The van der Waals surface area contributed by atoms with E-state index < -0.39 is 0 Å². The van der Waals surface area contributed by atoms with Crippen LogP contribution in [-0.2, 0) is 0 Å². The molecular formula is C7H8. The quantitative estimate of drug-likeness (QED) is 0.361.